The Labute approximate surface area is 274 Å². The number of hydrogen-bond donors (Lipinski definition) is 3. The van der Waals surface area contributed by atoms with Gasteiger partial charge in [-0.1, -0.05) is 35.9 Å². The molecule has 0 radical (unpaired) electrons. The van der Waals surface area contributed by atoms with Crippen LogP contribution in [0.3, 0.4) is 0 Å². The van der Waals surface area contributed by atoms with E-state index in [1.54, 1.807) is 6.20 Å². The molecule has 0 aliphatic carbocycles. The van der Waals surface area contributed by atoms with Crippen LogP contribution in [0.1, 0.15) is 23.1 Å². The molecular weight excluding hydrogens is 620 g/mol. The van der Waals surface area contributed by atoms with Crippen molar-refractivity contribution in [3.63, 3.8) is 0 Å². The molecular formula is C35H31ClN6O5. The summed E-state index contributed by atoms with van der Waals surface area (Å²) in [6, 6.07) is 15.9. The molecule has 0 saturated carbocycles. The zero-order valence-corrected chi connectivity index (χ0v) is 26.5. The van der Waals surface area contributed by atoms with Gasteiger partial charge >= 0.3 is 5.97 Å². The number of anilines is 2. The summed E-state index contributed by atoms with van der Waals surface area (Å²) in [6.07, 6.45) is 5.43. The highest BCUT2D eigenvalue weighted by atomic mass is 35.5. The third-order valence-corrected chi connectivity index (χ3v) is 8.90. The van der Waals surface area contributed by atoms with Gasteiger partial charge in [0.15, 0.2) is 16.9 Å². The molecule has 1 atom stereocenters. The zero-order valence-electron chi connectivity index (χ0n) is 25.7. The molecule has 7 rings (SSSR count). The molecule has 1 aliphatic heterocycles. The summed E-state index contributed by atoms with van der Waals surface area (Å²) < 4.78 is 6.98. The van der Waals surface area contributed by atoms with E-state index in [9.17, 15) is 19.8 Å². The second-order valence-electron chi connectivity index (χ2n) is 11.8. The lowest BCUT2D eigenvalue weighted by atomic mass is 9.93. The summed E-state index contributed by atoms with van der Waals surface area (Å²) in [4.78, 5) is 40.2. The van der Waals surface area contributed by atoms with Crippen molar-refractivity contribution < 1.29 is 19.4 Å². The number of pyridine rings is 3. The summed E-state index contributed by atoms with van der Waals surface area (Å²) in [5.74, 6) is -0.309. The van der Waals surface area contributed by atoms with Gasteiger partial charge in [0.05, 0.1) is 6.10 Å². The third kappa shape index (κ3) is 5.85. The average Bonchev–Trinajstić information content (AvgIpc) is 3.68. The van der Waals surface area contributed by atoms with Crippen molar-refractivity contribution in [1.29, 1.82) is 0 Å². The first kappa shape index (κ1) is 30.5. The first-order valence-corrected chi connectivity index (χ1v) is 15.6. The van der Waals surface area contributed by atoms with Gasteiger partial charge < -0.3 is 24.5 Å². The van der Waals surface area contributed by atoms with Crippen LogP contribution in [0.15, 0.2) is 76.3 Å². The molecule has 1 fully saturated rings. The molecule has 0 bridgehead atoms. The summed E-state index contributed by atoms with van der Waals surface area (Å²) in [5, 5.41) is 23.6. The normalized spacial score (nSPS) is 15.1. The second-order valence-corrected chi connectivity index (χ2v) is 12.2. The number of nitrogens with zero attached hydrogens (tertiary/aromatic N) is 5. The van der Waals surface area contributed by atoms with E-state index in [0.29, 0.717) is 17.9 Å². The highest BCUT2D eigenvalue weighted by Crippen LogP contribution is 2.37. The van der Waals surface area contributed by atoms with E-state index in [0.717, 1.165) is 68.5 Å². The quantitative estimate of drug-likeness (QED) is 0.181. The van der Waals surface area contributed by atoms with Gasteiger partial charge in [0.1, 0.15) is 17.1 Å². The molecule has 5 heterocycles. The van der Waals surface area contributed by atoms with Gasteiger partial charge in [-0.05, 0) is 72.4 Å². The van der Waals surface area contributed by atoms with Crippen molar-refractivity contribution in [2.75, 3.05) is 18.4 Å². The lowest BCUT2D eigenvalue weighted by Crippen LogP contribution is -2.23. The van der Waals surface area contributed by atoms with Crippen molar-refractivity contribution in [3.8, 4) is 22.6 Å². The number of hydrogen-bond acceptors (Lipinski definition) is 9. The number of carboxylic acid groups (broad SMARTS) is 1. The number of nitrogens with one attached hydrogen (secondary N) is 1. The summed E-state index contributed by atoms with van der Waals surface area (Å²) >= 11 is 6.36. The van der Waals surface area contributed by atoms with Crippen molar-refractivity contribution in [3.05, 3.63) is 99.2 Å². The first-order chi connectivity index (χ1) is 22.7. The van der Waals surface area contributed by atoms with Crippen LogP contribution in [-0.4, -0.2) is 59.8 Å². The third-order valence-electron chi connectivity index (χ3n) is 8.63. The Bertz CT molecular complexity index is 2250. The second kappa shape index (κ2) is 12.3. The van der Waals surface area contributed by atoms with E-state index in [1.807, 2.05) is 62.5 Å². The summed E-state index contributed by atoms with van der Waals surface area (Å²) in [7, 11) is 0. The van der Waals surface area contributed by atoms with Crippen molar-refractivity contribution in [2.45, 2.75) is 39.5 Å². The molecule has 47 heavy (non-hydrogen) atoms. The molecule has 2 aromatic carbocycles. The Morgan fingerprint density at radius 1 is 1.06 bits per heavy atom. The fraction of sp³-hybridized carbons (Fsp3) is 0.229. The van der Waals surface area contributed by atoms with Crippen LogP contribution in [0.25, 0.3) is 44.6 Å². The molecule has 4 aromatic heterocycles. The molecule has 1 saturated heterocycles. The number of aromatic nitrogens is 4. The Balaban J connectivity index is 1.21. The monoisotopic (exact) mass is 650 g/mol. The minimum atomic E-state index is -1.17. The van der Waals surface area contributed by atoms with Gasteiger partial charge in [-0.3, -0.25) is 19.5 Å². The average molecular weight is 651 g/mol. The fourth-order valence-corrected chi connectivity index (χ4v) is 6.49. The van der Waals surface area contributed by atoms with Crippen LogP contribution >= 0.6 is 11.6 Å². The van der Waals surface area contributed by atoms with Gasteiger partial charge in [0, 0.05) is 54.9 Å². The SMILES string of the molecule is Cc1c(Nc2nccc3cc(CN4CC[C@@H](O)C4)cnc23)cccc1-c1cccc(-c2nc3c(=O)n(CC(=O)O)cc(Cl)c3o2)c1C. The number of aliphatic carboxylic acids is 1. The number of carbonyl (C=O) groups is 1. The lowest BCUT2D eigenvalue weighted by molar-refractivity contribution is -0.137. The minimum absolute atomic E-state index is 0.0286. The van der Waals surface area contributed by atoms with E-state index in [2.05, 4.69) is 26.3 Å². The molecule has 11 nitrogen and oxygen atoms in total. The maximum absolute atomic E-state index is 12.9. The maximum atomic E-state index is 12.9. The number of rotatable bonds is 8. The number of likely N-dealkylation sites (tertiary alicyclic amines) is 1. The predicted molar refractivity (Wildman–Crippen MR) is 180 cm³/mol. The van der Waals surface area contributed by atoms with Gasteiger partial charge in [-0.2, -0.15) is 0 Å². The van der Waals surface area contributed by atoms with Crippen LogP contribution in [0.5, 0.6) is 0 Å². The predicted octanol–water partition coefficient (Wildman–Crippen LogP) is 5.93. The first-order valence-electron chi connectivity index (χ1n) is 15.2. The van der Waals surface area contributed by atoms with E-state index < -0.39 is 18.1 Å². The van der Waals surface area contributed by atoms with Crippen LogP contribution < -0.4 is 10.9 Å². The van der Waals surface area contributed by atoms with E-state index in [1.165, 1.54) is 6.20 Å². The highest BCUT2D eigenvalue weighted by molar-refractivity contribution is 6.34. The number of oxazole rings is 1. The highest BCUT2D eigenvalue weighted by Gasteiger charge is 2.22. The smallest absolute Gasteiger partial charge is 0.323 e. The molecule has 12 heteroatoms. The molecule has 6 aromatic rings. The Morgan fingerprint density at radius 3 is 2.60 bits per heavy atom. The molecule has 3 N–H and O–H groups in total. The summed E-state index contributed by atoms with van der Waals surface area (Å²) in [6.45, 7) is 5.75. The standard InChI is InChI=1S/C35H31ClN6O5/c1-19-24(5-3-7-26(19)34-40-31-32(47-34)27(36)17-42(35(31)46)18-29(44)45)25-6-4-8-28(20(25)2)39-33-30-22(9-11-37-33)13-21(14-38-30)15-41-12-10-23(43)16-41/h3-9,11,13-14,17,23,43H,10,12,15-16,18H2,1-2H3,(H,37,39)(H,44,45)/t23-/m1/s1. The van der Waals surface area contributed by atoms with Crippen LogP contribution in [0.4, 0.5) is 11.5 Å². The van der Waals surface area contributed by atoms with Crippen LogP contribution in [-0.2, 0) is 17.9 Å². The Hall–Kier alpha value is -5.10. The van der Waals surface area contributed by atoms with Crippen molar-refractivity contribution >= 4 is 51.1 Å². The van der Waals surface area contributed by atoms with E-state index >= 15 is 0 Å². The lowest BCUT2D eigenvalue weighted by Gasteiger charge is -2.17. The molecule has 238 valence electrons. The fourth-order valence-electron chi connectivity index (χ4n) is 6.24. The van der Waals surface area contributed by atoms with Gasteiger partial charge in [0.25, 0.3) is 5.56 Å². The molecule has 0 amide bonds. The minimum Gasteiger partial charge on any atom is -0.480 e. The van der Waals surface area contributed by atoms with Crippen molar-refractivity contribution in [1.82, 2.24) is 24.4 Å². The maximum Gasteiger partial charge on any atom is 0.323 e. The number of aliphatic hydroxyl groups excluding tert-OH is 1. The number of carboxylic acids is 1. The number of fused-ring (bicyclic) bond motifs is 2. The van der Waals surface area contributed by atoms with E-state index in [-0.39, 0.29) is 28.1 Å². The van der Waals surface area contributed by atoms with Crippen LogP contribution in [0.2, 0.25) is 5.02 Å². The molecule has 0 spiro atoms. The van der Waals surface area contributed by atoms with Gasteiger partial charge in [-0.25, -0.2) is 9.97 Å². The van der Waals surface area contributed by atoms with Crippen molar-refractivity contribution in [2.24, 2.45) is 0 Å². The van der Waals surface area contributed by atoms with Gasteiger partial charge in [-0.15, -0.1) is 0 Å². The molecule has 1 aliphatic rings. The molecule has 0 unspecified atom stereocenters. The Kier molecular flexibility index (Phi) is 7.96. The number of halogens is 1. The summed E-state index contributed by atoms with van der Waals surface area (Å²) in [5.41, 5.74) is 6.69. The number of β-amino-alcohol motifs (C(OH)–C–C–N with tert-alkyl or cyclic N) is 1. The van der Waals surface area contributed by atoms with Gasteiger partial charge in [0.2, 0.25) is 5.89 Å². The number of benzene rings is 2. The largest absolute Gasteiger partial charge is 0.480 e. The topological polar surface area (TPSA) is 147 Å². The van der Waals surface area contributed by atoms with Crippen LogP contribution in [0, 0.1) is 13.8 Å². The van der Waals surface area contributed by atoms with E-state index in [4.69, 9.17) is 21.0 Å². The number of aliphatic hydroxyl groups is 1. The Morgan fingerprint density at radius 2 is 1.83 bits per heavy atom. The zero-order chi connectivity index (χ0) is 32.8.